The number of nitriles is 1. The molecule has 126 valence electrons. The monoisotopic (exact) mass is 345 g/mol. The second-order valence-corrected chi connectivity index (χ2v) is 6.25. The van der Waals surface area contributed by atoms with Crippen molar-refractivity contribution in [2.24, 2.45) is 0 Å². The Morgan fingerprint density at radius 3 is 2.92 bits per heavy atom. The zero-order valence-electron chi connectivity index (χ0n) is 13.7. The molecule has 0 amide bonds. The van der Waals surface area contributed by atoms with Gasteiger partial charge in [0.2, 0.25) is 0 Å². The first-order chi connectivity index (χ1) is 11.6. The number of ether oxygens (including phenoxy) is 1. The van der Waals surface area contributed by atoms with Gasteiger partial charge in [0.25, 0.3) is 5.56 Å². The molecule has 0 aliphatic carbocycles. The lowest BCUT2D eigenvalue weighted by Crippen LogP contribution is -2.23. The molecule has 1 aromatic heterocycles. The molecule has 2 aromatic rings. The van der Waals surface area contributed by atoms with E-state index in [9.17, 15) is 9.59 Å². The van der Waals surface area contributed by atoms with Crippen molar-refractivity contribution in [2.75, 3.05) is 12.9 Å². The van der Waals surface area contributed by atoms with Gasteiger partial charge in [0.1, 0.15) is 0 Å². The van der Waals surface area contributed by atoms with Crippen molar-refractivity contribution >= 4 is 28.6 Å². The minimum atomic E-state index is -0.465. The molecule has 0 radical (unpaired) electrons. The zero-order chi connectivity index (χ0) is 17.5. The first-order valence-corrected chi connectivity index (χ1v) is 8.73. The quantitative estimate of drug-likeness (QED) is 0.332. The highest BCUT2D eigenvalue weighted by molar-refractivity contribution is 7.99. The van der Waals surface area contributed by atoms with Crippen molar-refractivity contribution < 1.29 is 9.53 Å². The van der Waals surface area contributed by atoms with Gasteiger partial charge < -0.3 is 4.74 Å². The van der Waals surface area contributed by atoms with Crippen molar-refractivity contribution in [3.63, 3.8) is 0 Å². The van der Waals surface area contributed by atoms with Crippen LogP contribution in [0.25, 0.3) is 10.9 Å². The van der Waals surface area contributed by atoms with E-state index in [1.807, 2.05) is 0 Å². The molecule has 2 rings (SSSR count). The number of carbonyl (C=O) groups excluding carboxylic acids is 1. The second kappa shape index (κ2) is 8.50. The number of benzene rings is 1. The summed E-state index contributed by atoms with van der Waals surface area (Å²) in [7, 11) is 1.31. The van der Waals surface area contributed by atoms with Crippen LogP contribution in [0.2, 0.25) is 0 Å². The van der Waals surface area contributed by atoms with E-state index in [-0.39, 0.29) is 5.56 Å². The number of rotatable bonds is 7. The van der Waals surface area contributed by atoms with Gasteiger partial charge in [0, 0.05) is 18.7 Å². The summed E-state index contributed by atoms with van der Waals surface area (Å²) >= 11 is 1.38. The average molecular weight is 345 g/mol. The molecule has 24 heavy (non-hydrogen) atoms. The van der Waals surface area contributed by atoms with E-state index in [4.69, 9.17) is 10.00 Å². The molecule has 0 aliphatic heterocycles. The number of nitrogens with zero attached hydrogens (tertiary/aromatic N) is 3. The van der Waals surface area contributed by atoms with E-state index in [2.05, 4.69) is 18.0 Å². The van der Waals surface area contributed by atoms with Crippen LogP contribution in [-0.4, -0.2) is 28.4 Å². The van der Waals surface area contributed by atoms with Gasteiger partial charge in [-0.3, -0.25) is 9.36 Å². The van der Waals surface area contributed by atoms with Crippen LogP contribution in [-0.2, 0) is 11.3 Å². The second-order valence-electron chi connectivity index (χ2n) is 5.18. The van der Waals surface area contributed by atoms with Gasteiger partial charge in [-0.05, 0) is 24.6 Å². The molecule has 1 heterocycles. The number of carbonyl (C=O) groups is 1. The molecule has 0 bridgehead atoms. The minimum absolute atomic E-state index is 0.121. The number of hydrogen-bond acceptors (Lipinski definition) is 6. The number of fused-ring (bicyclic) bond motifs is 1. The van der Waals surface area contributed by atoms with Gasteiger partial charge in [-0.2, -0.15) is 5.26 Å². The van der Waals surface area contributed by atoms with Crippen LogP contribution in [0.1, 0.15) is 36.5 Å². The van der Waals surface area contributed by atoms with Gasteiger partial charge in [0.15, 0.2) is 5.16 Å². The molecule has 0 N–H and O–H groups in total. The molecule has 6 nitrogen and oxygen atoms in total. The van der Waals surface area contributed by atoms with E-state index < -0.39 is 5.97 Å². The van der Waals surface area contributed by atoms with Crippen LogP contribution in [0.5, 0.6) is 0 Å². The van der Waals surface area contributed by atoms with E-state index >= 15 is 0 Å². The highest BCUT2D eigenvalue weighted by Crippen LogP contribution is 2.20. The summed E-state index contributed by atoms with van der Waals surface area (Å²) in [5.74, 6) is 0.101. The van der Waals surface area contributed by atoms with Crippen LogP contribution in [0.3, 0.4) is 0 Å². The van der Waals surface area contributed by atoms with Gasteiger partial charge in [-0.1, -0.05) is 25.1 Å². The Morgan fingerprint density at radius 2 is 2.25 bits per heavy atom. The van der Waals surface area contributed by atoms with Gasteiger partial charge >= 0.3 is 5.97 Å². The normalized spacial score (nSPS) is 10.5. The fraction of sp³-hybridized carbons (Fsp3) is 0.412. The lowest BCUT2D eigenvalue weighted by atomic mass is 10.1. The number of thioether (sulfide) groups is 1. The fourth-order valence-corrected chi connectivity index (χ4v) is 3.13. The standard InChI is InChI=1S/C17H19N3O3S/c1-3-4-9-20-15(21)13-7-6-12(16(22)23-2)11-14(13)19-17(20)24-10-5-8-18/h6-7,11H,3-5,9-10H2,1-2H3. The Morgan fingerprint density at radius 1 is 1.46 bits per heavy atom. The molecular weight excluding hydrogens is 326 g/mol. The number of hydrogen-bond donors (Lipinski definition) is 0. The Labute approximate surface area is 144 Å². The number of esters is 1. The molecule has 7 heteroatoms. The Hall–Kier alpha value is -2.33. The first-order valence-electron chi connectivity index (χ1n) is 7.75. The number of aromatic nitrogens is 2. The molecule has 0 fully saturated rings. The van der Waals surface area contributed by atoms with Crippen LogP contribution in [0.4, 0.5) is 0 Å². The summed E-state index contributed by atoms with van der Waals surface area (Å²) in [6, 6.07) is 6.84. The van der Waals surface area contributed by atoms with Crippen molar-refractivity contribution in [3.05, 3.63) is 34.1 Å². The lowest BCUT2D eigenvalue weighted by molar-refractivity contribution is 0.0601. The number of methoxy groups -OCH3 is 1. The maximum Gasteiger partial charge on any atom is 0.337 e. The molecule has 1 aromatic carbocycles. The molecular formula is C17H19N3O3S. The van der Waals surface area contributed by atoms with Crippen LogP contribution in [0.15, 0.2) is 28.2 Å². The van der Waals surface area contributed by atoms with Gasteiger partial charge in [-0.15, -0.1) is 0 Å². The van der Waals surface area contributed by atoms with E-state index in [1.54, 1.807) is 22.8 Å². The predicted molar refractivity (Wildman–Crippen MR) is 93.2 cm³/mol. The Bertz CT molecular complexity index is 839. The molecule has 0 atom stereocenters. The number of unbranched alkanes of at least 4 members (excludes halogenated alkanes) is 1. The predicted octanol–water partition coefficient (Wildman–Crippen LogP) is 2.99. The Balaban J connectivity index is 2.54. The SMILES string of the molecule is CCCCn1c(SCCC#N)nc2cc(C(=O)OC)ccc2c1=O. The van der Waals surface area contributed by atoms with Gasteiger partial charge in [0.05, 0.1) is 29.6 Å². The fourth-order valence-electron chi connectivity index (χ4n) is 2.26. The third-order valence-electron chi connectivity index (χ3n) is 3.52. The maximum absolute atomic E-state index is 12.8. The van der Waals surface area contributed by atoms with Crippen LogP contribution in [0, 0.1) is 11.3 Å². The summed E-state index contributed by atoms with van der Waals surface area (Å²) in [6.07, 6.45) is 2.22. The summed E-state index contributed by atoms with van der Waals surface area (Å²) in [4.78, 5) is 29.0. The Kier molecular flexibility index (Phi) is 6.38. The molecule has 0 spiro atoms. The van der Waals surface area contributed by atoms with E-state index in [0.29, 0.717) is 40.3 Å². The van der Waals surface area contributed by atoms with E-state index in [1.165, 1.54) is 18.9 Å². The van der Waals surface area contributed by atoms with Crippen molar-refractivity contribution in [1.29, 1.82) is 5.26 Å². The largest absolute Gasteiger partial charge is 0.465 e. The first kappa shape index (κ1) is 18.0. The minimum Gasteiger partial charge on any atom is -0.465 e. The third-order valence-corrected chi connectivity index (χ3v) is 4.50. The molecule has 0 aliphatic rings. The molecule has 0 saturated carbocycles. The van der Waals surface area contributed by atoms with E-state index in [0.717, 1.165) is 12.8 Å². The van der Waals surface area contributed by atoms with Crippen molar-refractivity contribution in [2.45, 2.75) is 37.9 Å². The molecule has 0 saturated heterocycles. The zero-order valence-corrected chi connectivity index (χ0v) is 14.6. The average Bonchev–Trinajstić information content (AvgIpc) is 2.60. The van der Waals surface area contributed by atoms with Gasteiger partial charge in [-0.25, -0.2) is 9.78 Å². The van der Waals surface area contributed by atoms with Crippen LogP contribution < -0.4 is 5.56 Å². The summed E-state index contributed by atoms with van der Waals surface area (Å²) < 4.78 is 6.37. The van der Waals surface area contributed by atoms with Crippen LogP contribution >= 0.6 is 11.8 Å². The smallest absolute Gasteiger partial charge is 0.337 e. The lowest BCUT2D eigenvalue weighted by Gasteiger charge is -2.12. The highest BCUT2D eigenvalue weighted by Gasteiger charge is 2.14. The highest BCUT2D eigenvalue weighted by atomic mass is 32.2. The third kappa shape index (κ3) is 3.95. The summed E-state index contributed by atoms with van der Waals surface area (Å²) in [5, 5.41) is 9.76. The summed E-state index contributed by atoms with van der Waals surface area (Å²) in [5.41, 5.74) is 0.704. The maximum atomic E-state index is 12.8. The molecule has 0 unspecified atom stereocenters. The van der Waals surface area contributed by atoms with Crippen molar-refractivity contribution in [3.8, 4) is 6.07 Å². The topological polar surface area (TPSA) is 85.0 Å². The van der Waals surface area contributed by atoms with Crippen molar-refractivity contribution in [1.82, 2.24) is 9.55 Å². The summed E-state index contributed by atoms with van der Waals surface area (Å²) in [6.45, 7) is 2.65.